The minimum absolute atomic E-state index is 0.0871. The van der Waals surface area contributed by atoms with Crippen LogP contribution >= 0.6 is 45.6 Å². The average molecular weight is 450 g/mol. The zero-order valence-corrected chi connectivity index (χ0v) is 18.2. The molecule has 3 heterocycles. The third-order valence-electron chi connectivity index (χ3n) is 3.72. The van der Waals surface area contributed by atoms with Crippen molar-refractivity contribution in [3.05, 3.63) is 62.6 Å². The van der Waals surface area contributed by atoms with Crippen molar-refractivity contribution >= 4 is 72.6 Å². The van der Waals surface area contributed by atoms with E-state index >= 15 is 0 Å². The standard InChI is InChI=1S/C18H10ClNO3S3.C2H6/c19-10-3-1-9(2-4-10)16-15(18(22)23)11(8-25-16)20-17(21)14-7-13-12(26-14)5-6-24-13;1-2/h1-8H,(H,20,21)(H,22,23);1-2H3. The van der Waals surface area contributed by atoms with Gasteiger partial charge in [-0.25, -0.2) is 4.79 Å². The SMILES string of the molecule is CC.O=C(Nc1csc(-c2ccc(Cl)cc2)c1C(=O)O)c1cc2sccc2s1. The number of hydrogen-bond acceptors (Lipinski definition) is 5. The van der Waals surface area contributed by atoms with Crippen LogP contribution in [0.5, 0.6) is 0 Å². The monoisotopic (exact) mass is 449 g/mol. The van der Waals surface area contributed by atoms with Crippen LogP contribution < -0.4 is 5.32 Å². The highest BCUT2D eigenvalue weighted by Crippen LogP contribution is 2.37. The van der Waals surface area contributed by atoms with Crippen LogP contribution in [0, 0.1) is 0 Å². The Bertz CT molecular complexity index is 1100. The first-order chi connectivity index (χ1) is 13.5. The lowest BCUT2D eigenvalue weighted by atomic mass is 10.1. The largest absolute Gasteiger partial charge is 0.478 e. The van der Waals surface area contributed by atoms with E-state index in [1.165, 1.54) is 22.7 Å². The van der Waals surface area contributed by atoms with Crippen molar-refractivity contribution in [3.63, 3.8) is 0 Å². The number of halogens is 1. The summed E-state index contributed by atoms with van der Waals surface area (Å²) >= 11 is 10.1. The molecular formula is C20H16ClNO3S3. The molecule has 0 saturated heterocycles. The second-order valence-corrected chi connectivity index (χ2v) is 8.73. The quantitative estimate of drug-likeness (QED) is 0.343. The molecule has 0 bridgehead atoms. The third-order valence-corrected chi connectivity index (χ3v) is 7.10. The Morgan fingerprint density at radius 1 is 1.04 bits per heavy atom. The number of anilines is 1. The first kappa shape index (κ1) is 20.5. The Hall–Kier alpha value is -2.19. The van der Waals surface area contributed by atoms with E-state index in [1.54, 1.807) is 41.0 Å². The highest BCUT2D eigenvalue weighted by Gasteiger charge is 2.22. The lowest BCUT2D eigenvalue weighted by Gasteiger charge is -2.05. The topological polar surface area (TPSA) is 66.4 Å². The van der Waals surface area contributed by atoms with Crippen LogP contribution in [0.15, 0.2) is 47.2 Å². The maximum Gasteiger partial charge on any atom is 0.339 e. The molecule has 0 spiro atoms. The molecule has 0 aliphatic carbocycles. The molecule has 4 aromatic rings. The Morgan fingerprint density at radius 2 is 1.75 bits per heavy atom. The molecule has 8 heteroatoms. The molecule has 4 rings (SSSR count). The lowest BCUT2D eigenvalue weighted by Crippen LogP contribution is -2.12. The van der Waals surface area contributed by atoms with E-state index in [1.807, 2.05) is 31.4 Å². The van der Waals surface area contributed by atoms with Gasteiger partial charge in [-0.3, -0.25) is 4.79 Å². The minimum Gasteiger partial charge on any atom is -0.478 e. The number of carbonyl (C=O) groups is 2. The van der Waals surface area contributed by atoms with Crippen molar-refractivity contribution in [1.82, 2.24) is 0 Å². The molecule has 0 aliphatic heterocycles. The number of carboxylic acid groups (broad SMARTS) is 1. The zero-order chi connectivity index (χ0) is 20.3. The molecule has 3 aromatic heterocycles. The molecule has 28 heavy (non-hydrogen) atoms. The van der Waals surface area contributed by atoms with Crippen LogP contribution in [-0.2, 0) is 0 Å². The molecule has 144 valence electrons. The van der Waals surface area contributed by atoms with Crippen molar-refractivity contribution in [2.75, 3.05) is 5.32 Å². The number of carbonyl (C=O) groups excluding carboxylic acids is 1. The van der Waals surface area contributed by atoms with Crippen molar-refractivity contribution < 1.29 is 14.7 Å². The summed E-state index contributed by atoms with van der Waals surface area (Å²) in [6.07, 6.45) is 0. The van der Waals surface area contributed by atoms with Gasteiger partial charge in [-0.1, -0.05) is 37.6 Å². The Labute approximate surface area is 179 Å². The van der Waals surface area contributed by atoms with Gasteiger partial charge in [0.1, 0.15) is 5.56 Å². The summed E-state index contributed by atoms with van der Waals surface area (Å²) in [5.41, 5.74) is 1.13. The number of fused-ring (bicyclic) bond motifs is 1. The summed E-state index contributed by atoms with van der Waals surface area (Å²) < 4.78 is 2.09. The number of rotatable bonds is 4. The molecule has 0 atom stereocenters. The van der Waals surface area contributed by atoms with Crippen LogP contribution in [0.25, 0.3) is 19.8 Å². The molecule has 4 nitrogen and oxygen atoms in total. The summed E-state index contributed by atoms with van der Waals surface area (Å²) in [5.74, 6) is -1.39. The van der Waals surface area contributed by atoms with Crippen LogP contribution in [0.4, 0.5) is 5.69 Å². The zero-order valence-electron chi connectivity index (χ0n) is 15.0. The van der Waals surface area contributed by atoms with Crippen molar-refractivity contribution in [1.29, 1.82) is 0 Å². The number of carboxylic acids is 1. The molecule has 0 unspecified atom stereocenters. The fourth-order valence-electron chi connectivity index (χ4n) is 2.54. The van der Waals surface area contributed by atoms with Crippen LogP contribution in [-0.4, -0.2) is 17.0 Å². The number of benzene rings is 1. The van der Waals surface area contributed by atoms with Gasteiger partial charge in [-0.05, 0) is 35.2 Å². The van der Waals surface area contributed by atoms with E-state index < -0.39 is 5.97 Å². The molecule has 2 N–H and O–H groups in total. The number of nitrogens with one attached hydrogen (secondary N) is 1. The first-order valence-corrected chi connectivity index (χ1v) is 11.4. The molecular weight excluding hydrogens is 434 g/mol. The van der Waals surface area contributed by atoms with Gasteiger partial charge in [-0.2, -0.15) is 0 Å². The van der Waals surface area contributed by atoms with Gasteiger partial charge in [0.05, 0.1) is 15.4 Å². The predicted octanol–water partition coefficient (Wildman–Crippen LogP) is 7.32. The second-order valence-electron chi connectivity index (χ2n) is 5.38. The summed E-state index contributed by atoms with van der Waals surface area (Å²) in [6, 6.07) is 10.7. The highest BCUT2D eigenvalue weighted by atomic mass is 35.5. The molecule has 0 fully saturated rings. The minimum atomic E-state index is -1.08. The van der Waals surface area contributed by atoms with Crippen LogP contribution in [0.3, 0.4) is 0 Å². The van der Waals surface area contributed by atoms with Crippen molar-refractivity contribution in [2.24, 2.45) is 0 Å². The van der Waals surface area contributed by atoms with Crippen LogP contribution in [0.2, 0.25) is 5.02 Å². The number of hydrogen-bond donors (Lipinski definition) is 2. The van der Waals surface area contributed by atoms with Gasteiger partial charge in [0.15, 0.2) is 0 Å². The van der Waals surface area contributed by atoms with E-state index in [4.69, 9.17) is 11.6 Å². The van der Waals surface area contributed by atoms with E-state index in [0.29, 0.717) is 20.5 Å². The molecule has 0 aliphatic rings. The van der Waals surface area contributed by atoms with E-state index in [0.717, 1.165) is 15.0 Å². The first-order valence-electron chi connectivity index (χ1n) is 8.42. The Morgan fingerprint density at radius 3 is 2.39 bits per heavy atom. The molecule has 0 saturated carbocycles. The van der Waals surface area contributed by atoms with E-state index in [2.05, 4.69) is 5.32 Å². The molecule has 1 amide bonds. The fraction of sp³-hybridized carbons (Fsp3) is 0.100. The predicted molar refractivity (Wildman–Crippen MR) is 121 cm³/mol. The Kier molecular flexibility index (Phi) is 6.51. The summed E-state index contributed by atoms with van der Waals surface area (Å²) in [5, 5.41) is 16.6. The maximum absolute atomic E-state index is 12.5. The van der Waals surface area contributed by atoms with Gasteiger partial charge in [0.25, 0.3) is 5.91 Å². The smallest absolute Gasteiger partial charge is 0.339 e. The van der Waals surface area contributed by atoms with E-state index in [9.17, 15) is 14.7 Å². The van der Waals surface area contributed by atoms with Gasteiger partial charge in [0, 0.05) is 19.8 Å². The van der Waals surface area contributed by atoms with Crippen LogP contribution in [0.1, 0.15) is 33.9 Å². The molecule has 0 radical (unpaired) electrons. The van der Waals surface area contributed by atoms with E-state index in [-0.39, 0.29) is 11.5 Å². The number of thiophene rings is 3. The maximum atomic E-state index is 12.5. The summed E-state index contributed by atoms with van der Waals surface area (Å²) in [7, 11) is 0. The normalized spacial score (nSPS) is 10.4. The van der Waals surface area contributed by atoms with Gasteiger partial charge in [0.2, 0.25) is 0 Å². The van der Waals surface area contributed by atoms with Crippen molar-refractivity contribution in [2.45, 2.75) is 13.8 Å². The fourth-order valence-corrected chi connectivity index (χ4v) is 5.67. The van der Waals surface area contributed by atoms with Crippen molar-refractivity contribution in [3.8, 4) is 10.4 Å². The summed E-state index contributed by atoms with van der Waals surface area (Å²) in [4.78, 5) is 25.5. The van der Waals surface area contributed by atoms with Gasteiger partial charge in [-0.15, -0.1) is 34.0 Å². The second kappa shape index (κ2) is 8.87. The molecule has 1 aromatic carbocycles. The highest BCUT2D eigenvalue weighted by molar-refractivity contribution is 7.28. The Balaban J connectivity index is 0.00000109. The third kappa shape index (κ3) is 4.12. The average Bonchev–Trinajstić information content (AvgIpc) is 3.38. The number of aromatic carboxylic acids is 1. The van der Waals surface area contributed by atoms with Gasteiger partial charge >= 0.3 is 5.97 Å². The number of amides is 1. The summed E-state index contributed by atoms with van der Waals surface area (Å²) in [6.45, 7) is 4.00. The lowest BCUT2D eigenvalue weighted by molar-refractivity contribution is 0.0699. The van der Waals surface area contributed by atoms with Gasteiger partial charge < -0.3 is 10.4 Å².